The minimum Gasteiger partial charge on any atom is -0.268 e. The molecule has 0 saturated heterocycles. The molecule has 0 unspecified atom stereocenters. The lowest BCUT2D eigenvalue weighted by molar-refractivity contribution is -0.117. The van der Waals surface area contributed by atoms with Crippen LogP contribution in [0.2, 0.25) is 0 Å². The van der Waals surface area contributed by atoms with Gasteiger partial charge in [-0.1, -0.05) is 50.2 Å². The molecule has 0 spiro atoms. The fraction of sp³-hybridized carbons (Fsp3) is 0.200. The second kappa shape index (κ2) is 9.82. The molecule has 2 rings (SSSR count). The van der Waals surface area contributed by atoms with E-state index in [1.165, 1.54) is 34.6 Å². The first-order valence-corrected chi connectivity index (χ1v) is 10.3. The molecular weight excluding hydrogens is 378 g/mol. The van der Waals surface area contributed by atoms with E-state index < -0.39 is 21.8 Å². The number of hydrogen-bond donors (Lipinski definition) is 2. The lowest BCUT2D eigenvalue weighted by atomic mass is 10.2. The van der Waals surface area contributed by atoms with Gasteiger partial charge < -0.3 is 0 Å². The number of nitrogens with zero attached hydrogens (tertiary/aromatic N) is 1. The molecule has 0 radical (unpaired) electrons. The van der Waals surface area contributed by atoms with E-state index in [9.17, 15) is 18.0 Å². The van der Waals surface area contributed by atoms with Crippen LogP contribution < -0.4 is 10.9 Å². The second-order valence-corrected chi connectivity index (χ2v) is 7.74. The fourth-order valence-corrected chi connectivity index (χ4v) is 3.98. The summed E-state index contributed by atoms with van der Waals surface area (Å²) in [6.45, 7) is 4.16. The van der Waals surface area contributed by atoms with Crippen LogP contribution in [0.1, 0.15) is 29.8 Å². The number of sulfonamides is 1. The molecule has 8 heteroatoms. The van der Waals surface area contributed by atoms with Gasteiger partial charge in [0.15, 0.2) is 0 Å². The van der Waals surface area contributed by atoms with Crippen molar-refractivity contribution in [3.8, 4) is 0 Å². The zero-order valence-corrected chi connectivity index (χ0v) is 16.6. The molecule has 28 heavy (non-hydrogen) atoms. The van der Waals surface area contributed by atoms with Crippen LogP contribution in [-0.2, 0) is 14.8 Å². The number of carbonyl (C=O) groups excluding carboxylic acids is 2. The summed E-state index contributed by atoms with van der Waals surface area (Å²) in [6, 6.07) is 14.9. The van der Waals surface area contributed by atoms with Crippen LogP contribution in [0.4, 0.5) is 0 Å². The molecule has 0 bridgehead atoms. The van der Waals surface area contributed by atoms with E-state index in [1.54, 1.807) is 19.9 Å². The molecule has 2 aromatic rings. The van der Waals surface area contributed by atoms with Gasteiger partial charge in [-0.15, -0.1) is 0 Å². The molecule has 0 atom stereocenters. The highest BCUT2D eigenvalue weighted by molar-refractivity contribution is 7.89. The van der Waals surface area contributed by atoms with Gasteiger partial charge in [-0.2, -0.15) is 4.31 Å². The van der Waals surface area contributed by atoms with E-state index in [2.05, 4.69) is 10.9 Å². The zero-order valence-electron chi connectivity index (χ0n) is 15.8. The minimum atomic E-state index is -3.67. The number of rotatable bonds is 7. The predicted octanol–water partition coefficient (Wildman–Crippen LogP) is 2.19. The van der Waals surface area contributed by atoms with Gasteiger partial charge in [0.25, 0.3) is 11.8 Å². The monoisotopic (exact) mass is 401 g/mol. The van der Waals surface area contributed by atoms with Gasteiger partial charge in [0.2, 0.25) is 10.0 Å². The molecule has 0 fully saturated rings. The van der Waals surface area contributed by atoms with Gasteiger partial charge in [0, 0.05) is 24.7 Å². The highest BCUT2D eigenvalue weighted by Crippen LogP contribution is 2.16. The number of hydrogen-bond acceptors (Lipinski definition) is 4. The summed E-state index contributed by atoms with van der Waals surface area (Å²) in [5.74, 6) is -1.12. The van der Waals surface area contributed by atoms with Gasteiger partial charge in [-0.05, 0) is 29.8 Å². The quantitative estimate of drug-likeness (QED) is 0.549. The Bertz CT molecular complexity index is 952. The van der Waals surface area contributed by atoms with Crippen molar-refractivity contribution in [3.63, 3.8) is 0 Å². The maximum Gasteiger partial charge on any atom is 0.269 e. The molecule has 2 aromatic carbocycles. The van der Waals surface area contributed by atoms with Crippen LogP contribution in [-0.4, -0.2) is 37.6 Å². The summed E-state index contributed by atoms with van der Waals surface area (Å²) in [6.07, 6.45) is 2.90. The van der Waals surface area contributed by atoms with Crippen molar-refractivity contribution in [2.24, 2.45) is 0 Å². The molecule has 148 valence electrons. The topological polar surface area (TPSA) is 95.6 Å². The Morgan fingerprint density at radius 1 is 0.964 bits per heavy atom. The van der Waals surface area contributed by atoms with E-state index in [4.69, 9.17) is 0 Å². The van der Waals surface area contributed by atoms with Crippen molar-refractivity contribution in [3.05, 3.63) is 71.8 Å². The predicted molar refractivity (Wildman–Crippen MR) is 108 cm³/mol. The van der Waals surface area contributed by atoms with Crippen molar-refractivity contribution < 1.29 is 18.0 Å². The molecule has 0 heterocycles. The number of carbonyl (C=O) groups is 2. The van der Waals surface area contributed by atoms with Crippen molar-refractivity contribution in [1.82, 2.24) is 15.2 Å². The lowest BCUT2D eigenvalue weighted by Crippen LogP contribution is -2.40. The number of amides is 2. The maximum atomic E-state index is 12.6. The number of nitrogens with one attached hydrogen (secondary N) is 2. The molecule has 0 aromatic heterocycles. The summed E-state index contributed by atoms with van der Waals surface area (Å²) in [5.41, 5.74) is 5.51. The first-order valence-electron chi connectivity index (χ1n) is 8.82. The van der Waals surface area contributed by atoms with Gasteiger partial charge >= 0.3 is 0 Å². The number of benzene rings is 2. The Kier molecular flexibility index (Phi) is 7.48. The van der Waals surface area contributed by atoms with Gasteiger partial charge in [-0.3, -0.25) is 20.4 Å². The fourth-order valence-electron chi connectivity index (χ4n) is 2.48. The van der Waals surface area contributed by atoms with Crippen LogP contribution >= 0.6 is 0 Å². The van der Waals surface area contributed by atoms with Crippen LogP contribution in [0.15, 0.2) is 65.6 Å². The Labute approximate surface area is 165 Å². The molecule has 7 nitrogen and oxygen atoms in total. The van der Waals surface area contributed by atoms with Gasteiger partial charge in [-0.25, -0.2) is 8.42 Å². The highest BCUT2D eigenvalue weighted by atomic mass is 32.2. The molecule has 2 amide bonds. The Morgan fingerprint density at radius 2 is 1.64 bits per heavy atom. The van der Waals surface area contributed by atoms with Crippen LogP contribution in [0, 0.1) is 0 Å². The van der Waals surface area contributed by atoms with Gasteiger partial charge in [0.1, 0.15) is 0 Å². The average Bonchev–Trinajstić information content (AvgIpc) is 2.72. The van der Waals surface area contributed by atoms with Crippen molar-refractivity contribution in [1.29, 1.82) is 0 Å². The largest absolute Gasteiger partial charge is 0.269 e. The summed E-state index contributed by atoms with van der Waals surface area (Å²) in [4.78, 5) is 24.1. The van der Waals surface area contributed by atoms with Crippen LogP contribution in [0.3, 0.4) is 0 Å². The summed E-state index contributed by atoms with van der Waals surface area (Å²) >= 11 is 0. The van der Waals surface area contributed by atoms with E-state index in [1.807, 2.05) is 30.3 Å². The molecule has 0 aliphatic rings. The maximum absolute atomic E-state index is 12.6. The van der Waals surface area contributed by atoms with Gasteiger partial charge in [0.05, 0.1) is 4.90 Å². The molecular formula is C20H23N3O4S. The van der Waals surface area contributed by atoms with Crippen LogP contribution in [0.25, 0.3) is 6.08 Å². The third-order valence-electron chi connectivity index (χ3n) is 3.97. The zero-order chi connectivity index (χ0) is 20.6. The third-order valence-corrected chi connectivity index (χ3v) is 6.01. The smallest absolute Gasteiger partial charge is 0.268 e. The minimum absolute atomic E-state index is 0.0270. The Hall–Kier alpha value is -2.97. The Morgan fingerprint density at radius 3 is 2.29 bits per heavy atom. The third kappa shape index (κ3) is 5.51. The first kappa shape index (κ1) is 21.3. The molecule has 0 aliphatic heterocycles. The standard InChI is InChI=1S/C20H23N3O4S/c1-3-23(4-2)28(26,27)18-12-8-11-17(15-18)20(25)22-21-19(24)14-13-16-9-6-5-7-10-16/h5-15H,3-4H2,1-2H3,(H,21,24)(H,22,25)/b14-13+. The molecule has 0 aliphatic carbocycles. The van der Waals surface area contributed by atoms with Crippen LogP contribution in [0.5, 0.6) is 0 Å². The van der Waals surface area contributed by atoms with E-state index in [-0.39, 0.29) is 10.5 Å². The van der Waals surface area contributed by atoms with E-state index in [0.717, 1.165) is 5.56 Å². The van der Waals surface area contributed by atoms with Crippen molar-refractivity contribution in [2.75, 3.05) is 13.1 Å². The van der Waals surface area contributed by atoms with Crippen molar-refractivity contribution >= 4 is 27.9 Å². The average molecular weight is 401 g/mol. The first-order chi connectivity index (χ1) is 13.4. The molecule has 0 saturated carbocycles. The lowest BCUT2D eigenvalue weighted by Gasteiger charge is -2.18. The van der Waals surface area contributed by atoms with Crippen molar-refractivity contribution in [2.45, 2.75) is 18.7 Å². The second-order valence-electron chi connectivity index (χ2n) is 5.80. The summed E-state index contributed by atoms with van der Waals surface area (Å²) in [5, 5.41) is 0. The summed E-state index contributed by atoms with van der Waals surface area (Å²) in [7, 11) is -3.67. The number of hydrazine groups is 1. The summed E-state index contributed by atoms with van der Waals surface area (Å²) < 4.78 is 26.4. The Balaban J connectivity index is 2.03. The normalized spacial score (nSPS) is 11.5. The SMILES string of the molecule is CCN(CC)S(=O)(=O)c1cccc(C(=O)NNC(=O)/C=C/c2ccccc2)c1. The highest BCUT2D eigenvalue weighted by Gasteiger charge is 2.22. The van der Waals surface area contributed by atoms with E-state index in [0.29, 0.717) is 13.1 Å². The molecule has 2 N–H and O–H groups in total. The van der Waals surface area contributed by atoms with E-state index >= 15 is 0 Å².